The molecule has 1 rings (SSSR count). The zero-order chi connectivity index (χ0) is 8.43. The summed E-state index contributed by atoms with van der Waals surface area (Å²) in [6, 6.07) is 3.56. The third-order valence-corrected chi connectivity index (χ3v) is 1.60. The van der Waals surface area contributed by atoms with Gasteiger partial charge in [-0.15, -0.1) is 12.6 Å². The number of rotatable bonds is 1. The van der Waals surface area contributed by atoms with Gasteiger partial charge in [0.1, 0.15) is 11.6 Å². The Balaban J connectivity index is 3.32. The molecule has 0 heterocycles. The molecule has 0 radical (unpaired) electrons. The molecular weight excluding hydrogens is 186 g/mol. The fraction of sp³-hybridized carbons (Fsp3) is 0. The average molecular weight is 190 g/mol. The van der Waals surface area contributed by atoms with Gasteiger partial charge in [-0.2, -0.15) is 0 Å². The van der Waals surface area contributed by atoms with Crippen molar-refractivity contribution in [1.29, 1.82) is 0 Å². The molecule has 4 heteroatoms. The molecule has 0 amide bonds. The maximum Gasteiger partial charge on any atom is 0.135 e. The van der Waals surface area contributed by atoms with Crippen LogP contribution in [0.4, 0.5) is 8.78 Å². The second-order valence-electron chi connectivity index (χ2n) is 1.90. The van der Waals surface area contributed by atoms with Crippen LogP contribution in [0.25, 0.3) is 0 Å². The summed E-state index contributed by atoms with van der Waals surface area (Å²) in [5.74, 6) is -1.35. The van der Waals surface area contributed by atoms with Crippen LogP contribution in [0, 0.1) is 11.6 Å². The van der Waals surface area contributed by atoms with E-state index in [4.69, 9.17) is 0 Å². The summed E-state index contributed by atoms with van der Waals surface area (Å²) in [5.41, 5.74) is -0.231. The van der Waals surface area contributed by atoms with Gasteiger partial charge < -0.3 is 0 Å². The molecule has 1 aromatic rings. The van der Waals surface area contributed by atoms with Gasteiger partial charge in [0, 0.05) is 0 Å². The highest BCUT2D eigenvalue weighted by Gasteiger charge is 2.09. The topological polar surface area (TPSA) is 0 Å². The predicted octanol–water partition coefficient (Wildman–Crippen LogP) is 2.57. The van der Waals surface area contributed by atoms with Crippen LogP contribution in [0.3, 0.4) is 0 Å². The molecule has 0 aliphatic rings. The molecule has 0 aliphatic carbocycles. The molecule has 0 saturated heterocycles. The summed E-state index contributed by atoms with van der Waals surface area (Å²) >= 11 is 8.20. The van der Waals surface area contributed by atoms with Gasteiger partial charge in [-0.05, 0) is 12.1 Å². The molecule has 0 aromatic heterocycles. The Kier molecular flexibility index (Phi) is 2.57. The molecule has 11 heavy (non-hydrogen) atoms. The largest absolute Gasteiger partial charge is 0.206 e. The van der Waals surface area contributed by atoms with E-state index in [0.717, 1.165) is 12.1 Å². The summed E-state index contributed by atoms with van der Waals surface area (Å²) < 4.78 is 25.4. The van der Waals surface area contributed by atoms with Gasteiger partial charge in [-0.25, -0.2) is 8.78 Å². The van der Waals surface area contributed by atoms with E-state index in [-0.39, 0.29) is 9.76 Å². The van der Waals surface area contributed by atoms with Crippen LogP contribution in [0.2, 0.25) is 0 Å². The first-order valence-electron chi connectivity index (χ1n) is 2.80. The molecule has 0 N–H and O–H groups in total. The molecule has 58 valence electrons. The first kappa shape index (κ1) is 8.62. The van der Waals surface area contributed by atoms with Crippen molar-refractivity contribution in [2.45, 2.75) is 0 Å². The lowest BCUT2D eigenvalue weighted by Crippen LogP contribution is -1.97. The zero-order valence-corrected chi connectivity index (χ0v) is 7.05. The number of thiol groups is 1. The zero-order valence-electron chi connectivity index (χ0n) is 5.34. The minimum atomic E-state index is -0.676. The molecule has 1 aromatic carbocycles. The van der Waals surface area contributed by atoms with Crippen LogP contribution in [-0.4, -0.2) is 4.20 Å². The maximum atomic E-state index is 12.7. The van der Waals surface area contributed by atoms with E-state index in [0.29, 0.717) is 0 Å². The lowest BCUT2D eigenvalue weighted by molar-refractivity contribution is 0.580. The van der Waals surface area contributed by atoms with Crippen molar-refractivity contribution < 1.29 is 8.78 Å². The Morgan fingerprint density at radius 3 is 2.00 bits per heavy atom. The first-order chi connectivity index (χ1) is 5.13. The first-order valence-corrected chi connectivity index (χ1v) is 3.66. The van der Waals surface area contributed by atoms with Gasteiger partial charge >= 0.3 is 0 Å². The summed E-state index contributed by atoms with van der Waals surface area (Å²) in [4.78, 5) is 0. The molecule has 0 unspecified atom stereocenters. The minimum Gasteiger partial charge on any atom is -0.206 e. The highest BCUT2D eigenvalue weighted by Crippen LogP contribution is 2.14. The molecule has 0 saturated carbocycles. The van der Waals surface area contributed by atoms with Crippen molar-refractivity contribution in [1.82, 2.24) is 0 Å². The summed E-state index contributed by atoms with van der Waals surface area (Å²) in [6.07, 6.45) is 0. The van der Waals surface area contributed by atoms with Crippen LogP contribution in [-0.2, 0) is 0 Å². The number of benzene rings is 1. The summed E-state index contributed by atoms with van der Waals surface area (Å²) in [5, 5.41) is 0. The van der Waals surface area contributed by atoms with Crippen LogP contribution in [0.1, 0.15) is 5.56 Å². The number of hydrogen-bond acceptors (Lipinski definition) is 1. The standard InChI is InChI=1S/C7H4F2S2/c8-4-2-1-3-5(9)6(4)7(10)11/h1-3H,(H,10,11). The third-order valence-electron chi connectivity index (χ3n) is 1.18. The lowest BCUT2D eigenvalue weighted by atomic mass is 10.2. The SMILES string of the molecule is Fc1cccc(F)c1C(=S)S. The second-order valence-corrected chi connectivity index (χ2v) is 3.06. The van der Waals surface area contributed by atoms with E-state index < -0.39 is 11.6 Å². The number of halogens is 2. The van der Waals surface area contributed by atoms with Crippen LogP contribution in [0.5, 0.6) is 0 Å². The van der Waals surface area contributed by atoms with Crippen LogP contribution in [0.15, 0.2) is 18.2 Å². The third kappa shape index (κ3) is 1.75. The van der Waals surface area contributed by atoms with Crippen molar-refractivity contribution in [3.05, 3.63) is 35.4 Å². The van der Waals surface area contributed by atoms with E-state index in [9.17, 15) is 8.78 Å². The van der Waals surface area contributed by atoms with Gasteiger partial charge in [0.2, 0.25) is 0 Å². The average Bonchev–Trinajstić information content (AvgIpc) is 1.85. The van der Waals surface area contributed by atoms with Crippen molar-refractivity contribution >= 4 is 29.0 Å². The minimum absolute atomic E-state index is 0.0689. The predicted molar refractivity (Wildman–Crippen MR) is 47.0 cm³/mol. The van der Waals surface area contributed by atoms with Crippen molar-refractivity contribution in [2.24, 2.45) is 0 Å². The summed E-state index contributed by atoms with van der Waals surface area (Å²) in [6.45, 7) is 0. The van der Waals surface area contributed by atoms with Gasteiger partial charge in [0.25, 0.3) is 0 Å². The highest BCUT2D eigenvalue weighted by atomic mass is 32.1. The van der Waals surface area contributed by atoms with Crippen molar-refractivity contribution in [3.63, 3.8) is 0 Å². The van der Waals surface area contributed by atoms with E-state index >= 15 is 0 Å². The molecule has 0 aliphatic heterocycles. The quantitative estimate of drug-likeness (QED) is 0.524. The Morgan fingerprint density at radius 2 is 1.73 bits per heavy atom. The molecule has 0 bridgehead atoms. The smallest absolute Gasteiger partial charge is 0.135 e. The number of hydrogen-bond donors (Lipinski definition) is 1. The van der Waals surface area contributed by atoms with Crippen LogP contribution >= 0.6 is 24.8 Å². The second kappa shape index (κ2) is 3.28. The van der Waals surface area contributed by atoms with Gasteiger partial charge in [0.05, 0.1) is 9.76 Å². The number of thiocarbonyl (C=S) groups is 1. The molecule has 0 nitrogen and oxygen atoms in total. The Hall–Kier alpha value is -0.480. The van der Waals surface area contributed by atoms with Crippen molar-refractivity contribution in [2.75, 3.05) is 0 Å². The Bertz CT molecular complexity index is 276. The van der Waals surface area contributed by atoms with Gasteiger partial charge in [-0.1, -0.05) is 18.3 Å². The highest BCUT2D eigenvalue weighted by molar-refractivity contribution is 8.11. The summed E-state index contributed by atoms with van der Waals surface area (Å²) in [7, 11) is 0. The molecular formula is C7H4F2S2. The van der Waals surface area contributed by atoms with Crippen LogP contribution < -0.4 is 0 Å². The Morgan fingerprint density at radius 1 is 1.27 bits per heavy atom. The lowest BCUT2D eigenvalue weighted by Gasteiger charge is -1.99. The monoisotopic (exact) mass is 190 g/mol. The fourth-order valence-electron chi connectivity index (χ4n) is 0.702. The maximum absolute atomic E-state index is 12.7. The van der Waals surface area contributed by atoms with Crippen molar-refractivity contribution in [3.8, 4) is 0 Å². The van der Waals surface area contributed by atoms with Gasteiger partial charge in [-0.3, -0.25) is 0 Å². The van der Waals surface area contributed by atoms with E-state index in [1.165, 1.54) is 6.07 Å². The van der Waals surface area contributed by atoms with E-state index in [2.05, 4.69) is 24.8 Å². The Labute approximate surface area is 73.6 Å². The van der Waals surface area contributed by atoms with Gasteiger partial charge in [0.15, 0.2) is 0 Å². The normalized spacial score (nSPS) is 9.73. The fourth-order valence-corrected chi connectivity index (χ4v) is 1.11. The molecule has 0 fully saturated rings. The van der Waals surface area contributed by atoms with E-state index in [1.807, 2.05) is 0 Å². The molecule has 0 spiro atoms. The van der Waals surface area contributed by atoms with E-state index in [1.54, 1.807) is 0 Å². The molecule has 0 atom stereocenters.